The van der Waals surface area contributed by atoms with Gasteiger partial charge in [0, 0.05) is 13.1 Å². The van der Waals surface area contributed by atoms with E-state index in [0.29, 0.717) is 0 Å². The Bertz CT molecular complexity index is 284. The molecule has 0 aromatic rings. The summed E-state index contributed by atoms with van der Waals surface area (Å²) < 4.78 is 0. The Morgan fingerprint density at radius 1 is 1.33 bits per heavy atom. The van der Waals surface area contributed by atoms with Gasteiger partial charge in [0.15, 0.2) is 0 Å². The Morgan fingerprint density at radius 2 is 2.06 bits per heavy atom. The zero-order valence-corrected chi connectivity index (χ0v) is 11.7. The van der Waals surface area contributed by atoms with E-state index in [4.69, 9.17) is 0 Å². The van der Waals surface area contributed by atoms with E-state index in [1.807, 2.05) is 13.8 Å². The highest BCUT2D eigenvalue weighted by Gasteiger charge is 2.23. The number of nitrogens with zero attached hydrogens (tertiary/aromatic N) is 1. The lowest BCUT2D eigenvalue weighted by atomic mass is 10.1. The van der Waals surface area contributed by atoms with Gasteiger partial charge >= 0.3 is 0 Å². The third-order valence-corrected chi connectivity index (χ3v) is 3.07. The molecule has 0 spiro atoms. The van der Waals surface area contributed by atoms with Crippen LogP contribution >= 0.6 is 0 Å². The summed E-state index contributed by atoms with van der Waals surface area (Å²) in [5.74, 6) is -0.0784. The Balaban J connectivity index is 2.42. The monoisotopic (exact) mass is 255 g/mol. The zero-order valence-electron chi connectivity index (χ0n) is 11.7. The lowest BCUT2D eigenvalue weighted by Gasteiger charge is -2.23. The molecule has 0 aliphatic carbocycles. The molecule has 1 unspecified atom stereocenters. The van der Waals surface area contributed by atoms with E-state index in [0.717, 1.165) is 25.8 Å². The van der Waals surface area contributed by atoms with Crippen LogP contribution in [-0.4, -0.2) is 48.9 Å². The minimum Gasteiger partial charge on any atom is -0.352 e. The smallest absolute Gasteiger partial charge is 0.239 e. The number of hydrogen-bond donors (Lipinski definition) is 2. The van der Waals surface area contributed by atoms with Crippen molar-refractivity contribution in [2.45, 2.75) is 51.6 Å². The highest BCUT2D eigenvalue weighted by Crippen LogP contribution is 2.10. The van der Waals surface area contributed by atoms with Crippen LogP contribution in [0.15, 0.2) is 0 Å². The van der Waals surface area contributed by atoms with Gasteiger partial charge in [-0.1, -0.05) is 12.8 Å². The van der Waals surface area contributed by atoms with E-state index in [1.54, 1.807) is 7.05 Å². The van der Waals surface area contributed by atoms with Crippen LogP contribution in [0.25, 0.3) is 0 Å². The zero-order chi connectivity index (χ0) is 13.5. The van der Waals surface area contributed by atoms with Gasteiger partial charge in [0.25, 0.3) is 0 Å². The van der Waals surface area contributed by atoms with Crippen molar-refractivity contribution in [3.8, 4) is 0 Å². The molecule has 0 aromatic carbocycles. The van der Waals surface area contributed by atoms with Gasteiger partial charge in [-0.05, 0) is 33.2 Å². The Hall–Kier alpha value is -1.10. The average molecular weight is 255 g/mol. The topological polar surface area (TPSA) is 61.4 Å². The quantitative estimate of drug-likeness (QED) is 0.769. The average Bonchev–Trinajstić information content (AvgIpc) is 2.55. The number of carbonyl (C=O) groups excluding carboxylic acids is 2. The number of nitrogens with one attached hydrogen (secondary N) is 2. The number of amides is 2. The molecule has 2 amide bonds. The second-order valence-electron chi connectivity index (χ2n) is 5.27. The molecule has 5 heteroatoms. The molecule has 0 bridgehead atoms. The van der Waals surface area contributed by atoms with Crippen molar-refractivity contribution in [2.24, 2.45) is 0 Å². The Morgan fingerprint density at radius 3 is 2.72 bits per heavy atom. The molecule has 1 atom stereocenters. The predicted molar refractivity (Wildman–Crippen MR) is 71.2 cm³/mol. The predicted octanol–water partition coefficient (Wildman–Crippen LogP) is 0.502. The first-order valence-electron chi connectivity index (χ1n) is 6.78. The molecule has 0 radical (unpaired) electrons. The van der Waals surface area contributed by atoms with Crippen molar-refractivity contribution >= 4 is 11.8 Å². The fourth-order valence-corrected chi connectivity index (χ4v) is 2.17. The maximum Gasteiger partial charge on any atom is 0.239 e. The molecule has 1 fully saturated rings. The minimum atomic E-state index is -0.121. The van der Waals surface area contributed by atoms with Crippen LogP contribution in [0.5, 0.6) is 0 Å². The summed E-state index contributed by atoms with van der Waals surface area (Å²) in [6.07, 6.45) is 4.25. The first-order valence-corrected chi connectivity index (χ1v) is 6.78. The molecule has 18 heavy (non-hydrogen) atoms. The van der Waals surface area contributed by atoms with E-state index in [1.165, 1.54) is 11.3 Å². The maximum atomic E-state index is 12.2. The van der Waals surface area contributed by atoms with Crippen LogP contribution in [0.1, 0.15) is 39.5 Å². The molecule has 1 aliphatic rings. The summed E-state index contributed by atoms with van der Waals surface area (Å²) >= 11 is 0. The summed E-state index contributed by atoms with van der Waals surface area (Å²) in [5.41, 5.74) is 0. The molecular weight excluding hydrogens is 230 g/mol. The van der Waals surface area contributed by atoms with Crippen LogP contribution in [-0.2, 0) is 9.59 Å². The number of hydrogen-bond acceptors (Lipinski definition) is 3. The van der Waals surface area contributed by atoms with E-state index >= 15 is 0 Å². The molecule has 1 rings (SSSR count). The minimum absolute atomic E-state index is 0.0239. The van der Waals surface area contributed by atoms with E-state index < -0.39 is 0 Å². The van der Waals surface area contributed by atoms with Gasteiger partial charge in [0.2, 0.25) is 11.8 Å². The third kappa shape index (κ3) is 5.04. The molecule has 2 N–H and O–H groups in total. The maximum absolute atomic E-state index is 12.2. The summed E-state index contributed by atoms with van der Waals surface area (Å²) in [4.78, 5) is 25.3. The molecule has 104 valence electrons. The van der Waals surface area contributed by atoms with Gasteiger partial charge in [-0.2, -0.15) is 0 Å². The summed E-state index contributed by atoms with van der Waals surface area (Å²) in [6.45, 7) is 4.84. The number of carbonyl (C=O) groups is 2. The Kier molecular flexibility index (Phi) is 6.12. The first-order chi connectivity index (χ1) is 8.50. The highest BCUT2D eigenvalue weighted by molar-refractivity contribution is 5.87. The van der Waals surface area contributed by atoms with Gasteiger partial charge in [-0.25, -0.2) is 0 Å². The lowest BCUT2D eigenvalue weighted by molar-refractivity contribution is -0.136. The molecule has 0 aromatic heterocycles. The van der Waals surface area contributed by atoms with Gasteiger partial charge in [0.1, 0.15) is 0 Å². The largest absolute Gasteiger partial charge is 0.352 e. The van der Waals surface area contributed by atoms with E-state index in [-0.39, 0.29) is 30.4 Å². The fourth-order valence-electron chi connectivity index (χ4n) is 2.17. The van der Waals surface area contributed by atoms with Crippen LogP contribution < -0.4 is 10.6 Å². The van der Waals surface area contributed by atoms with Crippen LogP contribution in [0.2, 0.25) is 0 Å². The SMILES string of the molecule is CC(C)NC(=O)CN(C)C(=O)C1CCCCCN1. The number of likely N-dealkylation sites (N-methyl/N-ethyl adjacent to an activating group) is 1. The summed E-state index contributed by atoms with van der Waals surface area (Å²) in [7, 11) is 1.69. The van der Waals surface area contributed by atoms with Gasteiger partial charge < -0.3 is 15.5 Å². The molecule has 1 saturated heterocycles. The summed E-state index contributed by atoms with van der Waals surface area (Å²) in [5, 5.41) is 6.04. The third-order valence-electron chi connectivity index (χ3n) is 3.07. The molecule has 1 aliphatic heterocycles. The van der Waals surface area contributed by atoms with Crippen molar-refractivity contribution < 1.29 is 9.59 Å². The van der Waals surface area contributed by atoms with Crippen molar-refractivity contribution in [2.75, 3.05) is 20.1 Å². The van der Waals surface area contributed by atoms with Crippen molar-refractivity contribution in [1.82, 2.24) is 15.5 Å². The van der Waals surface area contributed by atoms with Crippen LogP contribution in [0, 0.1) is 0 Å². The van der Waals surface area contributed by atoms with E-state index in [9.17, 15) is 9.59 Å². The summed E-state index contributed by atoms with van der Waals surface area (Å²) in [6, 6.07) is -0.0126. The van der Waals surface area contributed by atoms with Crippen LogP contribution in [0.4, 0.5) is 0 Å². The standard InChI is InChI=1S/C13H25N3O2/c1-10(2)15-12(17)9-16(3)13(18)11-7-5-4-6-8-14-11/h10-11,14H,4-9H2,1-3H3,(H,15,17). The lowest BCUT2D eigenvalue weighted by Crippen LogP contribution is -2.48. The highest BCUT2D eigenvalue weighted by atomic mass is 16.2. The van der Waals surface area contributed by atoms with Gasteiger partial charge in [0.05, 0.1) is 12.6 Å². The van der Waals surface area contributed by atoms with Crippen molar-refractivity contribution in [3.63, 3.8) is 0 Å². The van der Waals surface area contributed by atoms with Crippen molar-refractivity contribution in [3.05, 3.63) is 0 Å². The molecule has 5 nitrogen and oxygen atoms in total. The first kappa shape index (κ1) is 15.0. The molecule has 0 saturated carbocycles. The normalized spacial score (nSPS) is 20.3. The molecular formula is C13H25N3O2. The second kappa shape index (κ2) is 7.36. The van der Waals surface area contributed by atoms with Gasteiger partial charge in [-0.3, -0.25) is 9.59 Å². The van der Waals surface area contributed by atoms with E-state index in [2.05, 4.69) is 10.6 Å². The van der Waals surface area contributed by atoms with Crippen molar-refractivity contribution in [1.29, 1.82) is 0 Å². The van der Waals surface area contributed by atoms with Gasteiger partial charge in [-0.15, -0.1) is 0 Å². The second-order valence-corrected chi connectivity index (χ2v) is 5.27. The molecule has 1 heterocycles. The Labute approximate surface area is 109 Å². The fraction of sp³-hybridized carbons (Fsp3) is 0.846. The van der Waals surface area contributed by atoms with Crippen LogP contribution in [0.3, 0.4) is 0 Å². The number of rotatable bonds is 4.